The minimum absolute atomic E-state index is 0.0639. The molecule has 0 unspecified atom stereocenters. The quantitative estimate of drug-likeness (QED) is 0.329. The van der Waals surface area contributed by atoms with E-state index in [9.17, 15) is 34.5 Å². The van der Waals surface area contributed by atoms with Crippen LogP contribution in [0.4, 0.5) is 5.88 Å². The summed E-state index contributed by atoms with van der Waals surface area (Å²) in [5, 5.41) is 35.8. The number of fused-ring (bicyclic) bond motifs is 14. The van der Waals surface area contributed by atoms with Crippen molar-refractivity contribution in [3.63, 3.8) is 0 Å². The molecule has 0 fully saturated rings. The molecule has 3 aliphatic rings. The molecule has 13 nitrogen and oxygen atoms in total. The molecule has 3 aliphatic heterocycles. The van der Waals surface area contributed by atoms with E-state index in [0.29, 0.717) is 0 Å². The lowest BCUT2D eigenvalue weighted by Gasteiger charge is -2.38. The standard InChI is InChI=1S/C36H45NO12/c1-16-11-10-12-17(2)35(44)37-25-15-23(39)26-27-32(21(6)30(42)33(26)48-25)49-36(8,34(27)43)46-14-13-24(45-9)18(3)31(47-22(7)38)20(5)29(41)19(4)28(16)40/h10-16,18-20,24,28-29,31,40-42H,1-9H3,(H,37,44)/b11-10+,14-13+,17-12+/t16-,18+,19+,20-,24-,28-,29+,31-,36+/m1/s1. The van der Waals surface area contributed by atoms with Gasteiger partial charge in [0.05, 0.1) is 35.5 Å². The smallest absolute Gasteiger partial charge is 0.312 e. The highest BCUT2D eigenvalue weighted by Crippen LogP contribution is 2.46. The summed E-state index contributed by atoms with van der Waals surface area (Å²) in [7, 11) is 1.44. The van der Waals surface area contributed by atoms with Crippen LogP contribution >= 0.6 is 0 Å². The van der Waals surface area contributed by atoms with E-state index in [4.69, 9.17) is 23.4 Å². The summed E-state index contributed by atoms with van der Waals surface area (Å²) in [5.74, 6) is -7.00. The van der Waals surface area contributed by atoms with Crippen LogP contribution < -0.4 is 15.5 Å². The number of phenolic OH excluding ortho intramolecular Hbond substituents is 1. The van der Waals surface area contributed by atoms with Crippen molar-refractivity contribution in [2.75, 3.05) is 12.4 Å². The molecule has 13 heteroatoms. The molecule has 266 valence electrons. The summed E-state index contributed by atoms with van der Waals surface area (Å²) < 4.78 is 28.9. The highest BCUT2D eigenvalue weighted by Gasteiger charge is 2.49. The van der Waals surface area contributed by atoms with Crippen LogP contribution in [0.1, 0.15) is 64.4 Å². The molecular formula is C36H45NO12. The number of phenols is 1. The van der Waals surface area contributed by atoms with Gasteiger partial charge in [-0.1, -0.05) is 45.9 Å². The maximum atomic E-state index is 13.8. The largest absolute Gasteiger partial charge is 0.504 e. The Morgan fingerprint density at radius 2 is 1.67 bits per heavy atom. The molecule has 0 radical (unpaired) electrons. The van der Waals surface area contributed by atoms with Crippen molar-refractivity contribution in [1.29, 1.82) is 0 Å². The first kappa shape index (κ1) is 37.4. The Morgan fingerprint density at radius 3 is 2.31 bits per heavy atom. The number of ether oxygens (including phenoxy) is 4. The number of carbonyl (C=O) groups excluding carboxylic acids is 3. The Balaban J connectivity index is 1.84. The van der Waals surface area contributed by atoms with E-state index >= 15 is 0 Å². The minimum atomic E-state index is -1.96. The van der Waals surface area contributed by atoms with Crippen LogP contribution in [-0.2, 0) is 23.8 Å². The molecule has 4 N–H and O–H groups in total. The molecule has 9 atom stereocenters. The van der Waals surface area contributed by atoms with Crippen LogP contribution in [0, 0.1) is 30.6 Å². The number of methoxy groups -OCH3 is 1. The summed E-state index contributed by atoms with van der Waals surface area (Å²) in [6, 6.07) is 0.997. The molecule has 0 spiro atoms. The van der Waals surface area contributed by atoms with Crippen molar-refractivity contribution in [3.8, 4) is 11.5 Å². The second-order valence-electron chi connectivity index (χ2n) is 13.1. The number of ketones is 1. The molecule has 2 aromatic rings. The third-order valence-electron chi connectivity index (χ3n) is 9.47. The van der Waals surface area contributed by atoms with Gasteiger partial charge in [-0.3, -0.25) is 24.5 Å². The second-order valence-corrected chi connectivity index (χ2v) is 13.1. The third kappa shape index (κ3) is 7.29. The molecule has 49 heavy (non-hydrogen) atoms. The Morgan fingerprint density at radius 1 is 1.00 bits per heavy atom. The first-order valence-electron chi connectivity index (χ1n) is 16.1. The van der Waals surface area contributed by atoms with E-state index in [1.807, 2.05) is 0 Å². The third-order valence-corrected chi connectivity index (χ3v) is 9.47. The molecule has 1 amide bonds. The SMILES string of the molecule is CO[C@@H]1/C=C/O[C@@]2(C)Oc3c(C)c(O)c4oc(cc(=O)c4c3C2=O)NC(=O)/C(C)=C/C=C/[C@@H](C)[C@@H](O)[C@H](C)[C@H](O)[C@@H](C)[C@H](OC(C)=O)[C@H]1C. The number of hydrogen-bond acceptors (Lipinski definition) is 12. The van der Waals surface area contributed by atoms with E-state index in [2.05, 4.69) is 5.32 Å². The fourth-order valence-corrected chi connectivity index (χ4v) is 6.34. The summed E-state index contributed by atoms with van der Waals surface area (Å²) in [4.78, 5) is 52.4. The lowest BCUT2D eigenvalue weighted by molar-refractivity contribution is -0.160. The van der Waals surface area contributed by atoms with Crippen molar-refractivity contribution in [2.45, 2.75) is 85.6 Å². The molecule has 1 aromatic carbocycles. The highest BCUT2D eigenvalue weighted by molar-refractivity contribution is 6.16. The predicted molar refractivity (Wildman–Crippen MR) is 179 cm³/mol. The number of benzene rings is 1. The lowest BCUT2D eigenvalue weighted by Crippen LogP contribution is -2.46. The number of rotatable bonds is 2. The summed E-state index contributed by atoms with van der Waals surface area (Å²) in [6.07, 6.45) is 3.71. The molecule has 4 heterocycles. The van der Waals surface area contributed by atoms with Gasteiger partial charge in [0.15, 0.2) is 16.8 Å². The molecule has 5 bridgehead atoms. The monoisotopic (exact) mass is 683 g/mol. The van der Waals surface area contributed by atoms with Crippen LogP contribution in [0.5, 0.6) is 11.5 Å². The van der Waals surface area contributed by atoms with Gasteiger partial charge in [-0.25, -0.2) is 0 Å². The van der Waals surface area contributed by atoms with Crippen LogP contribution in [0.3, 0.4) is 0 Å². The number of aliphatic hydroxyl groups excluding tert-OH is 2. The minimum Gasteiger partial charge on any atom is -0.504 e. The number of amides is 1. The van der Waals surface area contributed by atoms with Gasteiger partial charge >= 0.3 is 11.8 Å². The first-order valence-corrected chi connectivity index (χ1v) is 16.1. The van der Waals surface area contributed by atoms with E-state index in [-0.39, 0.29) is 39.3 Å². The average Bonchev–Trinajstić information content (AvgIpc) is 3.31. The zero-order valence-electron chi connectivity index (χ0n) is 29.1. The normalized spacial score (nSPS) is 33.7. The second kappa shape index (κ2) is 14.6. The molecule has 5 rings (SSSR count). The number of Topliss-reactive ketones (excluding diaryl/α,β-unsaturated/α-hetero) is 1. The number of aromatic hydroxyl groups is 1. The molecule has 0 aliphatic carbocycles. The van der Waals surface area contributed by atoms with E-state index < -0.39 is 82.7 Å². The van der Waals surface area contributed by atoms with Crippen molar-refractivity contribution in [2.24, 2.45) is 23.7 Å². The van der Waals surface area contributed by atoms with E-state index in [0.717, 1.165) is 6.07 Å². The number of aliphatic hydroxyl groups is 2. The topological polar surface area (TPSA) is 191 Å². The molecule has 0 saturated carbocycles. The zero-order valence-corrected chi connectivity index (χ0v) is 29.1. The van der Waals surface area contributed by atoms with Gasteiger partial charge in [0.2, 0.25) is 5.88 Å². The summed E-state index contributed by atoms with van der Waals surface area (Å²) in [6.45, 7) is 12.5. The van der Waals surface area contributed by atoms with Crippen molar-refractivity contribution in [1.82, 2.24) is 0 Å². The van der Waals surface area contributed by atoms with Gasteiger partial charge < -0.3 is 38.7 Å². The van der Waals surface area contributed by atoms with Crippen LogP contribution in [0.25, 0.3) is 11.0 Å². The van der Waals surface area contributed by atoms with Crippen molar-refractivity contribution >= 4 is 34.5 Å². The number of nitrogens with one attached hydrogen (secondary N) is 1. The van der Waals surface area contributed by atoms with Crippen LogP contribution in [0.2, 0.25) is 0 Å². The lowest BCUT2D eigenvalue weighted by atomic mass is 9.78. The fourth-order valence-electron chi connectivity index (χ4n) is 6.34. The van der Waals surface area contributed by atoms with Gasteiger partial charge in [0.1, 0.15) is 11.9 Å². The fraction of sp³-hybridized carbons (Fsp3) is 0.500. The van der Waals surface area contributed by atoms with Gasteiger partial charge in [-0.05, 0) is 19.9 Å². The van der Waals surface area contributed by atoms with E-state index in [1.165, 1.54) is 53.2 Å². The molecule has 0 saturated heterocycles. The number of allylic oxidation sites excluding steroid dienone is 2. The van der Waals surface area contributed by atoms with Crippen LogP contribution in [0.15, 0.2) is 51.4 Å². The average molecular weight is 684 g/mol. The first-order chi connectivity index (χ1) is 22.9. The van der Waals surface area contributed by atoms with Crippen molar-refractivity contribution in [3.05, 3.63) is 63.6 Å². The Kier molecular flexibility index (Phi) is 11.1. The van der Waals surface area contributed by atoms with Gasteiger partial charge in [0.25, 0.3) is 11.7 Å². The van der Waals surface area contributed by atoms with Crippen molar-refractivity contribution < 1.29 is 53.1 Å². The van der Waals surface area contributed by atoms with Gasteiger partial charge in [0, 0.05) is 61.8 Å². The zero-order chi connectivity index (χ0) is 36.5. The maximum Gasteiger partial charge on any atom is 0.312 e. The Hall–Kier alpha value is -4.46. The number of esters is 1. The van der Waals surface area contributed by atoms with E-state index in [1.54, 1.807) is 39.8 Å². The Bertz CT molecular complexity index is 1770. The number of carbonyl (C=O) groups is 3. The Labute approximate surface area is 284 Å². The maximum absolute atomic E-state index is 13.8. The van der Waals surface area contributed by atoms with Gasteiger partial charge in [-0.15, -0.1) is 0 Å². The number of hydrogen-bond donors (Lipinski definition) is 4. The predicted octanol–water partition coefficient (Wildman–Crippen LogP) is 4.30. The summed E-state index contributed by atoms with van der Waals surface area (Å²) in [5.41, 5.74) is -0.847. The summed E-state index contributed by atoms with van der Waals surface area (Å²) >= 11 is 0. The van der Waals surface area contributed by atoms with Gasteiger partial charge in [-0.2, -0.15) is 0 Å². The number of anilines is 1. The molecular weight excluding hydrogens is 638 g/mol. The highest BCUT2D eigenvalue weighted by atomic mass is 16.7. The van der Waals surface area contributed by atoms with Crippen LogP contribution in [-0.4, -0.2) is 70.3 Å². The molecule has 1 aromatic heterocycles.